The molecule has 2 heteroatoms. The monoisotopic (exact) mass is 144 g/mol. The fraction of sp³-hybridized carbons (Fsp3) is 1.00. The van der Waals surface area contributed by atoms with Gasteiger partial charge in [0.15, 0.2) is 0 Å². The third-order valence-electron chi connectivity index (χ3n) is 2.35. The molecule has 1 atom stereocenters. The van der Waals surface area contributed by atoms with Crippen LogP contribution in [0.2, 0.25) is 0 Å². The van der Waals surface area contributed by atoms with Crippen LogP contribution < -0.4 is 0 Å². The van der Waals surface area contributed by atoms with Crippen LogP contribution in [-0.2, 0) is 4.74 Å². The van der Waals surface area contributed by atoms with Crippen molar-refractivity contribution in [1.29, 1.82) is 0 Å². The van der Waals surface area contributed by atoms with Crippen molar-refractivity contribution in [3.05, 3.63) is 0 Å². The van der Waals surface area contributed by atoms with Gasteiger partial charge < -0.3 is 9.84 Å². The SMILES string of the molecule is CC1(C)OCC1CCCO. The van der Waals surface area contributed by atoms with E-state index < -0.39 is 0 Å². The highest BCUT2D eigenvalue weighted by atomic mass is 16.5. The maximum atomic E-state index is 8.56. The summed E-state index contributed by atoms with van der Waals surface area (Å²) in [6.45, 7) is 5.41. The zero-order valence-electron chi connectivity index (χ0n) is 6.76. The molecule has 1 aliphatic heterocycles. The Kier molecular flexibility index (Phi) is 2.32. The molecule has 1 aliphatic rings. The number of ether oxygens (including phenoxy) is 1. The molecular weight excluding hydrogens is 128 g/mol. The van der Waals surface area contributed by atoms with E-state index in [1.807, 2.05) is 0 Å². The van der Waals surface area contributed by atoms with E-state index >= 15 is 0 Å². The molecule has 0 bridgehead atoms. The van der Waals surface area contributed by atoms with E-state index in [1.54, 1.807) is 0 Å². The van der Waals surface area contributed by atoms with Gasteiger partial charge in [-0.05, 0) is 26.7 Å². The summed E-state index contributed by atoms with van der Waals surface area (Å²) in [5.41, 5.74) is 0.0785. The fourth-order valence-electron chi connectivity index (χ4n) is 1.30. The quantitative estimate of drug-likeness (QED) is 0.644. The number of aliphatic hydroxyl groups excluding tert-OH is 1. The summed E-state index contributed by atoms with van der Waals surface area (Å²) in [4.78, 5) is 0. The van der Waals surface area contributed by atoms with E-state index in [-0.39, 0.29) is 5.60 Å². The number of hydrogen-bond acceptors (Lipinski definition) is 2. The first kappa shape index (κ1) is 8.02. The molecule has 0 radical (unpaired) electrons. The van der Waals surface area contributed by atoms with Crippen molar-refractivity contribution in [3.63, 3.8) is 0 Å². The predicted octanol–water partition coefficient (Wildman–Crippen LogP) is 1.18. The minimum Gasteiger partial charge on any atom is -0.396 e. The molecule has 0 aromatic rings. The molecule has 0 spiro atoms. The Morgan fingerprint density at radius 2 is 2.30 bits per heavy atom. The van der Waals surface area contributed by atoms with Crippen LogP contribution in [0.15, 0.2) is 0 Å². The van der Waals surface area contributed by atoms with Gasteiger partial charge in [-0.3, -0.25) is 0 Å². The minimum absolute atomic E-state index is 0.0785. The second-order valence-corrected chi connectivity index (χ2v) is 3.48. The summed E-state index contributed by atoms with van der Waals surface area (Å²) in [5.74, 6) is 0.666. The Morgan fingerprint density at radius 3 is 2.60 bits per heavy atom. The van der Waals surface area contributed by atoms with Crippen LogP contribution in [-0.4, -0.2) is 23.9 Å². The Hall–Kier alpha value is -0.0800. The molecule has 1 rings (SSSR count). The summed E-state index contributed by atoms with van der Waals surface area (Å²) in [5, 5.41) is 8.56. The Balaban J connectivity index is 2.17. The fourth-order valence-corrected chi connectivity index (χ4v) is 1.30. The first-order chi connectivity index (χ1) is 4.67. The zero-order valence-corrected chi connectivity index (χ0v) is 6.76. The minimum atomic E-state index is 0.0785. The van der Waals surface area contributed by atoms with Crippen molar-refractivity contribution in [2.45, 2.75) is 32.3 Å². The molecule has 0 aromatic carbocycles. The molecule has 0 aliphatic carbocycles. The molecule has 10 heavy (non-hydrogen) atoms. The summed E-state index contributed by atoms with van der Waals surface area (Å²) in [6.07, 6.45) is 2.01. The van der Waals surface area contributed by atoms with Crippen LogP contribution in [0.5, 0.6) is 0 Å². The van der Waals surface area contributed by atoms with Crippen LogP contribution >= 0.6 is 0 Å². The molecule has 0 aromatic heterocycles. The maximum absolute atomic E-state index is 8.56. The van der Waals surface area contributed by atoms with Gasteiger partial charge in [0.1, 0.15) is 0 Å². The van der Waals surface area contributed by atoms with Gasteiger partial charge in [-0.2, -0.15) is 0 Å². The van der Waals surface area contributed by atoms with E-state index in [4.69, 9.17) is 9.84 Å². The second kappa shape index (κ2) is 2.89. The molecule has 2 nitrogen and oxygen atoms in total. The lowest BCUT2D eigenvalue weighted by atomic mass is 9.83. The van der Waals surface area contributed by atoms with E-state index in [0.29, 0.717) is 12.5 Å². The molecular formula is C8H16O2. The Labute approximate surface area is 62.2 Å². The Morgan fingerprint density at radius 1 is 1.60 bits per heavy atom. The van der Waals surface area contributed by atoms with Gasteiger partial charge in [-0.25, -0.2) is 0 Å². The van der Waals surface area contributed by atoms with Gasteiger partial charge in [0.05, 0.1) is 12.2 Å². The van der Waals surface area contributed by atoms with Gasteiger partial charge in [-0.1, -0.05) is 0 Å². The molecule has 0 amide bonds. The third-order valence-corrected chi connectivity index (χ3v) is 2.35. The van der Waals surface area contributed by atoms with Gasteiger partial charge in [0, 0.05) is 12.5 Å². The molecule has 0 saturated carbocycles. The molecule has 60 valence electrons. The first-order valence-electron chi connectivity index (χ1n) is 3.91. The zero-order chi connectivity index (χ0) is 7.61. The van der Waals surface area contributed by atoms with Gasteiger partial charge >= 0.3 is 0 Å². The van der Waals surface area contributed by atoms with Gasteiger partial charge in [-0.15, -0.1) is 0 Å². The van der Waals surface area contributed by atoms with E-state index in [0.717, 1.165) is 19.4 Å². The van der Waals surface area contributed by atoms with Crippen molar-refractivity contribution >= 4 is 0 Å². The topological polar surface area (TPSA) is 29.5 Å². The lowest BCUT2D eigenvalue weighted by Gasteiger charge is -2.44. The van der Waals surface area contributed by atoms with Crippen LogP contribution in [0.1, 0.15) is 26.7 Å². The summed E-state index contributed by atoms with van der Waals surface area (Å²) < 4.78 is 5.35. The lowest BCUT2D eigenvalue weighted by Crippen LogP contribution is -2.48. The average Bonchev–Trinajstić information content (AvgIpc) is 1.87. The van der Waals surface area contributed by atoms with Crippen molar-refractivity contribution in [2.75, 3.05) is 13.2 Å². The van der Waals surface area contributed by atoms with Gasteiger partial charge in [0.2, 0.25) is 0 Å². The van der Waals surface area contributed by atoms with Crippen LogP contribution in [0.25, 0.3) is 0 Å². The predicted molar refractivity (Wildman–Crippen MR) is 39.8 cm³/mol. The largest absolute Gasteiger partial charge is 0.396 e. The molecule has 1 unspecified atom stereocenters. The average molecular weight is 144 g/mol. The van der Waals surface area contributed by atoms with E-state index in [1.165, 1.54) is 0 Å². The highest BCUT2D eigenvalue weighted by molar-refractivity contribution is 4.87. The molecule has 1 saturated heterocycles. The van der Waals surface area contributed by atoms with Crippen molar-refractivity contribution in [1.82, 2.24) is 0 Å². The van der Waals surface area contributed by atoms with Crippen LogP contribution in [0.3, 0.4) is 0 Å². The number of rotatable bonds is 3. The molecule has 1 N–H and O–H groups in total. The smallest absolute Gasteiger partial charge is 0.0676 e. The number of hydrogen-bond donors (Lipinski definition) is 1. The van der Waals surface area contributed by atoms with E-state index in [9.17, 15) is 0 Å². The van der Waals surface area contributed by atoms with Crippen molar-refractivity contribution < 1.29 is 9.84 Å². The number of aliphatic hydroxyl groups is 1. The summed E-state index contributed by atoms with van der Waals surface area (Å²) in [6, 6.07) is 0. The summed E-state index contributed by atoms with van der Waals surface area (Å²) >= 11 is 0. The van der Waals surface area contributed by atoms with Gasteiger partial charge in [0.25, 0.3) is 0 Å². The highest BCUT2D eigenvalue weighted by Gasteiger charge is 2.38. The standard InChI is InChI=1S/C8H16O2/c1-8(2)7(6-10-8)4-3-5-9/h7,9H,3-6H2,1-2H3. The van der Waals surface area contributed by atoms with Crippen molar-refractivity contribution in [2.24, 2.45) is 5.92 Å². The maximum Gasteiger partial charge on any atom is 0.0676 e. The van der Waals surface area contributed by atoms with Crippen LogP contribution in [0, 0.1) is 5.92 Å². The lowest BCUT2D eigenvalue weighted by molar-refractivity contribution is -0.183. The Bertz CT molecular complexity index is 110. The van der Waals surface area contributed by atoms with Crippen LogP contribution in [0.4, 0.5) is 0 Å². The molecule has 1 heterocycles. The highest BCUT2D eigenvalue weighted by Crippen LogP contribution is 2.34. The third kappa shape index (κ3) is 1.50. The first-order valence-corrected chi connectivity index (χ1v) is 3.91. The normalized spacial score (nSPS) is 29.7. The second-order valence-electron chi connectivity index (χ2n) is 3.48. The van der Waals surface area contributed by atoms with Crippen molar-refractivity contribution in [3.8, 4) is 0 Å². The summed E-state index contributed by atoms with van der Waals surface area (Å²) in [7, 11) is 0. The molecule has 1 fully saturated rings. The van der Waals surface area contributed by atoms with E-state index in [2.05, 4.69) is 13.8 Å².